The van der Waals surface area contributed by atoms with E-state index in [0.717, 1.165) is 23.8 Å². The third-order valence-corrected chi connectivity index (χ3v) is 4.95. The molecule has 0 unspecified atom stereocenters. The van der Waals surface area contributed by atoms with Gasteiger partial charge in [-0.05, 0) is 20.3 Å². The molecule has 0 aliphatic carbocycles. The minimum absolute atomic E-state index is 0.116. The van der Waals surface area contributed by atoms with E-state index in [-0.39, 0.29) is 5.54 Å². The second-order valence-corrected chi connectivity index (χ2v) is 7.12. The summed E-state index contributed by atoms with van der Waals surface area (Å²) in [6.45, 7) is 12.4. The molecule has 0 saturated heterocycles. The minimum Gasteiger partial charge on any atom is -0.378 e. The van der Waals surface area contributed by atoms with E-state index in [1.807, 2.05) is 0 Å². The summed E-state index contributed by atoms with van der Waals surface area (Å²) in [7, 11) is 3.84. The second kappa shape index (κ2) is 7.38. The normalized spacial score (nSPS) is 12.2. The predicted molar refractivity (Wildman–Crippen MR) is 87.6 cm³/mol. The van der Waals surface area contributed by atoms with E-state index in [9.17, 15) is 0 Å². The number of rotatable bonds is 8. The van der Waals surface area contributed by atoms with Crippen LogP contribution in [0.3, 0.4) is 0 Å². The number of nitrogens with zero attached hydrogens (tertiary/aromatic N) is 2. The van der Waals surface area contributed by atoms with Crippen LogP contribution in [0.2, 0.25) is 0 Å². The molecular weight excluding hydrogens is 270 g/mol. The molecule has 1 rings (SSSR count). The van der Waals surface area contributed by atoms with Gasteiger partial charge in [-0.3, -0.25) is 0 Å². The highest BCUT2D eigenvalue weighted by atomic mass is 32.1. The van der Waals surface area contributed by atoms with Crippen LogP contribution in [0, 0.1) is 0 Å². The van der Waals surface area contributed by atoms with Crippen molar-refractivity contribution in [3.8, 4) is 0 Å². The Balaban J connectivity index is 2.95. The Morgan fingerprint density at radius 2 is 2.05 bits per heavy atom. The van der Waals surface area contributed by atoms with Gasteiger partial charge < -0.3 is 15.0 Å². The molecule has 20 heavy (non-hydrogen) atoms. The quantitative estimate of drug-likeness (QED) is 0.798. The van der Waals surface area contributed by atoms with Crippen LogP contribution < -0.4 is 10.2 Å². The van der Waals surface area contributed by atoms with Gasteiger partial charge in [-0.15, -0.1) is 11.3 Å². The third-order valence-electron chi connectivity index (χ3n) is 3.78. The number of thiazole rings is 1. The van der Waals surface area contributed by atoms with E-state index in [0.29, 0.717) is 12.6 Å². The summed E-state index contributed by atoms with van der Waals surface area (Å²) in [5.74, 6) is 0. The van der Waals surface area contributed by atoms with Gasteiger partial charge in [0.05, 0.1) is 12.3 Å². The van der Waals surface area contributed by atoms with Crippen molar-refractivity contribution in [2.24, 2.45) is 0 Å². The maximum absolute atomic E-state index is 5.28. The van der Waals surface area contributed by atoms with Gasteiger partial charge in [-0.25, -0.2) is 4.98 Å². The highest BCUT2D eigenvalue weighted by molar-refractivity contribution is 7.15. The zero-order chi connectivity index (χ0) is 15.3. The molecule has 5 heteroatoms. The van der Waals surface area contributed by atoms with Crippen molar-refractivity contribution in [3.05, 3.63) is 10.6 Å². The molecule has 0 aliphatic heterocycles. The predicted octanol–water partition coefficient (Wildman–Crippen LogP) is 3.41. The number of methoxy groups -OCH3 is 1. The van der Waals surface area contributed by atoms with E-state index in [2.05, 4.69) is 51.9 Å². The van der Waals surface area contributed by atoms with Crippen LogP contribution >= 0.6 is 11.3 Å². The molecule has 0 spiro atoms. The largest absolute Gasteiger partial charge is 0.378 e. The first-order valence-corrected chi connectivity index (χ1v) is 8.08. The first kappa shape index (κ1) is 17.4. The Kier molecular flexibility index (Phi) is 6.43. The molecule has 0 fully saturated rings. The van der Waals surface area contributed by atoms with Crippen molar-refractivity contribution in [1.82, 2.24) is 10.3 Å². The van der Waals surface area contributed by atoms with Gasteiger partial charge in [0.15, 0.2) is 5.13 Å². The van der Waals surface area contributed by atoms with Crippen LogP contribution in [0.4, 0.5) is 5.13 Å². The topological polar surface area (TPSA) is 37.4 Å². The fourth-order valence-electron chi connectivity index (χ4n) is 1.69. The van der Waals surface area contributed by atoms with Crippen LogP contribution in [-0.4, -0.2) is 30.7 Å². The molecule has 0 aliphatic rings. The number of hydrogen-bond acceptors (Lipinski definition) is 5. The lowest BCUT2D eigenvalue weighted by Crippen LogP contribution is -2.40. The average Bonchev–Trinajstić information content (AvgIpc) is 2.79. The molecule has 0 atom stereocenters. The van der Waals surface area contributed by atoms with Gasteiger partial charge >= 0.3 is 0 Å². The zero-order valence-electron chi connectivity index (χ0n) is 13.9. The molecule has 1 aromatic rings. The fraction of sp³-hybridized carbons (Fsp3) is 0.800. The lowest BCUT2D eigenvalue weighted by atomic mass is 10.0. The van der Waals surface area contributed by atoms with E-state index in [1.165, 1.54) is 4.88 Å². The summed E-state index contributed by atoms with van der Waals surface area (Å²) in [5, 5.41) is 4.54. The summed E-state index contributed by atoms with van der Waals surface area (Å²) in [5.41, 5.74) is 1.17. The van der Waals surface area contributed by atoms with Crippen molar-refractivity contribution >= 4 is 16.5 Å². The second-order valence-electron chi connectivity index (χ2n) is 6.06. The van der Waals surface area contributed by atoms with Crippen LogP contribution in [0.15, 0.2) is 0 Å². The Bertz CT molecular complexity index is 415. The maximum atomic E-state index is 5.28. The van der Waals surface area contributed by atoms with Gasteiger partial charge in [0, 0.05) is 37.2 Å². The number of nitrogens with one attached hydrogen (secondary N) is 1. The van der Waals surface area contributed by atoms with Crippen LogP contribution in [-0.2, 0) is 17.9 Å². The molecule has 0 saturated carbocycles. The lowest BCUT2D eigenvalue weighted by molar-refractivity contribution is 0.181. The number of ether oxygens (including phenoxy) is 1. The van der Waals surface area contributed by atoms with Gasteiger partial charge in [0.25, 0.3) is 0 Å². The highest BCUT2D eigenvalue weighted by Crippen LogP contribution is 2.31. The Hall–Kier alpha value is -0.650. The summed E-state index contributed by atoms with van der Waals surface area (Å²) in [6, 6.07) is 0.473. The van der Waals surface area contributed by atoms with E-state index in [1.54, 1.807) is 18.4 Å². The smallest absolute Gasteiger partial charge is 0.186 e. The summed E-state index contributed by atoms with van der Waals surface area (Å²) in [4.78, 5) is 8.32. The summed E-state index contributed by atoms with van der Waals surface area (Å²) >= 11 is 1.76. The Morgan fingerprint density at radius 1 is 1.40 bits per heavy atom. The standard InChI is InChI=1S/C15H29N3OS/c1-8-15(4,5)18(6)14-17-12(10-19-7)13(20-14)9-16-11(2)3/h11,16H,8-10H2,1-7H3. The molecular formula is C15H29N3OS. The van der Waals surface area contributed by atoms with Crippen molar-refractivity contribution in [2.75, 3.05) is 19.1 Å². The van der Waals surface area contributed by atoms with Crippen molar-refractivity contribution < 1.29 is 4.74 Å². The van der Waals surface area contributed by atoms with Gasteiger partial charge in [-0.1, -0.05) is 20.8 Å². The molecule has 1 aromatic heterocycles. The van der Waals surface area contributed by atoms with Gasteiger partial charge in [0.1, 0.15) is 0 Å². The summed E-state index contributed by atoms with van der Waals surface area (Å²) in [6.07, 6.45) is 1.09. The molecule has 116 valence electrons. The van der Waals surface area contributed by atoms with E-state index in [4.69, 9.17) is 9.72 Å². The molecule has 0 aromatic carbocycles. The maximum Gasteiger partial charge on any atom is 0.186 e. The van der Waals surface area contributed by atoms with Crippen LogP contribution in [0.1, 0.15) is 51.6 Å². The molecule has 1 heterocycles. The number of anilines is 1. The lowest BCUT2D eigenvalue weighted by Gasteiger charge is -2.34. The average molecular weight is 299 g/mol. The van der Waals surface area contributed by atoms with Crippen LogP contribution in [0.25, 0.3) is 0 Å². The van der Waals surface area contributed by atoms with Crippen molar-refractivity contribution in [2.45, 2.75) is 65.8 Å². The third kappa shape index (κ3) is 4.43. The SMILES string of the molecule is CCC(C)(C)N(C)c1nc(COC)c(CNC(C)C)s1. The number of hydrogen-bond donors (Lipinski definition) is 1. The fourth-order valence-corrected chi connectivity index (χ4v) is 2.83. The Labute approximate surface area is 127 Å². The van der Waals surface area contributed by atoms with E-state index < -0.39 is 0 Å². The number of aromatic nitrogens is 1. The first-order chi connectivity index (χ1) is 9.31. The van der Waals surface area contributed by atoms with Crippen molar-refractivity contribution in [3.63, 3.8) is 0 Å². The molecule has 4 nitrogen and oxygen atoms in total. The minimum atomic E-state index is 0.116. The van der Waals surface area contributed by atoms with Gasteiger partial charge in [-0.2, -0.15) is 0 Å². The van der Waals surface area contributed by atoms with Gasteiger partial charge in [0.2, 0.25) is 0 Å². The van der Waals surface area contributed by atoms with Crippen molar-refractivity contribution in [1.29, 1.82) is 0 Å². The Morgan fingerprint density at radius 3 is 2.55 bits per heavy atom. The summed E-state index contributed by atoms with van der Waals surface area (Å²) < 4.78 is 5.28. The highest BCUT2D eigenvalue weighted by Gasteiger charge is 2.25. The van der Waals surface area contributed by atoms with Crippen LogP contribution in [0.5, 0.6) is 0 Å². The first-order valence-electron chi connectivity index (χ1n) is 7.26. The molecule has 0 amide bonds. The zero-order valence-corrected chi connectivity index (χ0v) is 14.7. The monoisotopic (exact) mass is 299 g/mol. The molecule has 0 bridgehead atoms. The molecule has 1 N–H and O–H groups in total. The molecule has 0 radical (unpaired) electrons. The van der Waals surface area contributed by atoms with E-state index >= 15 is 0 Å².